The van der Waals surface area contributed by atoms with E-state index >= 15 is 0 Å². The molecule has 1 atom stereocenters. The zero-order chi connectivity index (χ0) is 10.1. The maximum atomic E-state index is 13.3. The average Bonchev–Trinajstić information content (AvgIpc) is 2.29. The predicted octanol–water partition coefficient (Wildman–Crippen LogP) is 1.57. The Morgan fingerprint density at radius 2 is 2.14 bits per heavy atom. The molecule has 76 valence electrons. The van der Waals surface area contributed by atoms with Crippen molar-refractivity contribution in [2.45, 2.75) is 12.5 Å². The zero-order valence-electron chi connectivity index (χ0n) is 7.46. The van der Waals surface area contributed by atoms with E-state index < -0.39 is 17.7 Å². The molecule has 0 amide bonds. The topological polar surface area (TPSA) is 29.5 Å². The van der Waals surface area contributed by atoms with Gasteiger partial charge in [-0.25, -0.2) is 8.78 Å². The third-order valence-corrected chi connectivity index (χ3v) is 2.33. The summed E-state index contributed by atoms with van der Waals surface area (Å²) in [5.74, 6) is -1.27. The lowest BCUT2D eigenvalue weighted by molar-refractivity contribution is 0.0450. The first-order chi connectivity index (χ1) is 6.68. The van der Waals surface area contributed by atoms with Gasteiger partial charge in [0.2, 0.25) is 0 Å². The van der Waals surface area contributed by atoms with Gasteiger partial charge in [-0.2, -0.15) is 0 Å². The summed E-state index contributed by atoms with van der Waals surface area (Å²) in [6.45, 7) is 0.447. The molecular formula is C10H10F2O2. The Hall–Kier alpha value is -1.00. The molecule has 0 aromatic heterocycles. The monoisotopic (exact) mass is 200 g/mol. The van der Waals surface area contributed by atoms with E-state index in [4.69, 9.17) is 4.74 Å². The number of rotatable bonds is 0. The van der Waals surface area contributed by atoms with Crippen LogP contribution in [-0.2, 0) is 11.2 Å². The van der Waals surface area contributed by atoms with Crippen molar-refractivity contribution >= 4 is 0 Å². The van der Waals surface area contributed by atoms with Gasteiger partial charge in [0, 0.05) is 6.07 Å². The molecule has 1 unspecified atom stereocenters. The third kappa shape index (κ3) is 1.63. The maximum Gasteiger partial charge on any atom is 0.129 e. The van der Waals surface area contributed by atoms with E-state index in [1.807, 2.05) is 0 Å². The lowest BCUT2D eigenvalue weighted by atomic mass is 10.0. The summed E-state index contributed by atoms with van der Waals surface area (Å²) in [4.78, 5) is 0. The first kappa shape index (κ1) is 9.55. The van der Waals surface area contributed by atoms with Gasteiger partial charge >= 0.3 is 0 Å². The van der Waals surface area contributed by atoms with Crippen LogP contribution < -0.4 is 0 Å². The van der Waals surface area contributed by atoms with Crippen LogP contribution in [0, 0.1) is 11.6 Å². The Morgan fingerprint density at radius 3 is 2.93 bits per heavy atom. The van der Waals surface area contributed by atoms with E-state index in [2.05, 4.69) is 0 Å². The van der Waals surface area contributed by atoms with Crippen molar-refractivity contribution in [3.8, 4) is 0 Å². The summed E-state index contributed by atoms with van der Waals surface area (Å²) in [5.41, 5.74) is 0.663. The number of hydrogen-bond donors (Lipinski definition) is 1. The highest BCUT2D eigenvalue weighted by Crippen LogP contribution is 2.25. The normalized spacial score (nSPS) is 21.5. The molecule has 1 heterocycles. The number of aliphatic hydroxyl groups excluding tert-OH is 1. The lowest BCUT2D eigenvalue weighted by Crippen LogP contribution is -2.06. The SMILES string of the molecule is OC1COCCc2c(F)cc(F)cc21. The molecule has 1 aromatic carbocycles. The zero-order valence-corrected chi connectivity index (χ0v) is 7.46. The Labute approximate surface area is 80.1 Å². The molecule has 2 rings (SSSR count). The standard InChI is InChI=1S/C10H10F2O2/c11-6-3-8-7(9(12)4-6)1-2-14-5-10(8)13/h3-4,10,13H,1-2,5H2. The minimum absolute atomic E-state index is 0.0931. The van der Waals surface area contributed by atoms with E-state index in [-0.39, 0.29) is 6.61 Å². The number of hydrogen-bond acceptors (Lipinski definition) is 2. The predicted molar refractivity (Wildman–Crippen MR) is 45.8 cm³/mol. The van der Waals surface area contributed by atoms with Crippen molar-refractivity contribution in [3.05, 3.63) is 34.9 Å². The third-order valence-electron chi connectivity index (χ3n) is 2.33. The van der Waals surface area contributed by atoms with E-state index in [0.717, 1.165) is 12.1 Å². The number of halogens is 2. The number of benzene rings is 1. The largest absolute Gasteiger partial charge is 0.386 e. The smallest absolute Gasteiger partial charge is 0.129 e. The molecule has 0 saturated heterocycles. The van der Waals surface area contributed by atoms with Crippen molar-refractivity contribution < 1.29 is 18.6 Å². The van der Waals surface area contributed by atoms with Gasteiger partial charge in [0.25, 0.3) is 0 Å². The van der Waals surface area contributed by atoms with Crippen molar-refractivity contribution in [1.82, 2.24) is 0 Å². The quantitative estimate of drug-likeness (QED) is 0.688. The average molecular weight is 200 g/mol. The van der Waals surface area contributed by atoms with Crippen LogP contribution >= 0.6 is 0 Å². The highest BCUT2D eigenvalue weighted by atomic mass is 19.1. The van der Waals surface area contributed by atoms with Crippen LogP contribution in [0.25, 0.3) is 0 Å². The summed E-state index contributed by atoms with van der Waals surface area (Å²) in [6.07, 6.45) is -0.559. The highest BCUT2D eigenvalue weighted by Gasteiger charge is 2.20. The van der Waals surface area contributed by atoms with E-state index in [1.54, 1.807) is 0 Å². The Morgan fingerprint density at radius 1 is 1.36 bits per heavy atom. The molecule has 0 spiro atoms. The van der Waals surface area contributed by atoms with Gasteiger partial charge < -0.3 is 9.84 Å². The molecule has 0 saturated carbocycles. The fourth-order valence-electron chi connectivity index (χ4n) is 1.64. The molecule has 1 N–H and O–H groups in total. The number of ether oxygens (including phenoxy) is 1. The van der Waals surface area contributed by atoms with Crippen LogP contribution in [0.4, 0.5) is 8.78 Å². The van der Waals surface area contributed by atoms with E-state index in [9.17, 15) is 13.9 Å². The second kappa shape index (κ2) is 3.63. The van der Waals surface area contributed by atoms with Gasteiger partial charge in [0.05, 0.1) is 13.2 Å². The Balaban J connectivity index is 2.53. The Bertz CT molecular complexity index is 352. The molecule has 1 aromatic rings. The van der Waals surface area contributed by atoms with Gasteiger partial charge in [0.15, 0.2) is 0 Å². The maximum absolute atomic E-state index is 13.3. The molecule has 0 fully saturated rings. The molecule has 14 heavy (non-hydrogen) atoms. The minimum Gasteiger partial charge on any atom is -0.386 e. The lowest BCUT2D eigenvalue weighted by Gasteiger charge is -2.11. The summed E-state index contributed by atoms with van der Waals surface area (Å²) >= 11 is 0. The molecule has 0 aliphatic carbocycles. The number of aliphatic hydroxyl groups is 1. The van der Waals surface area contributed by atoms with Crippen LogP contribution in [0.5, 0.6) is 0 Å². The molecule has 0 radical (unpaired) electrons. The van der Waals surface area contributed by atoms with Crippen LogP contribution in [0.1, 0.15) is 17.2 Å². The molecule has 1 aliphatic heterocycles. The van der Waals surface area contributed by atoms with Crippen molar-refractivity contribution in [1.29, 1.82) is 0 Å². The van der Waals surface area contributed by atoms with Gasteiger partial charge in [0.1, 0.15) is 17.7 Å². The first-order valence-electron chi connectivity index (χ1n) is 4.42. The van der Waals surface area contributed by atoms with Crippen LogP contribution in [0.15, 0.2) is 12.1 Å². The fourth-order valence-corrected chi connectivity index (χ4v) is 1.64. The van der Waals surface area contributed by atoms with Gasteiger partial charge in [-0.1, -0.05) is 0 Å². The summed E-state index contributed by atoms with van der Waals surface area (Å²) < 4.78 is 31.2. The number of fused-ring (bicyclic) bond motifs is 1. The van der Waals surface area contributed by atoms with E-state index in [1.165, 1.54) is 0 Å². The Kier molecular flexibility index (Phi) is 2.48. The summed E-state index contributed by atoms with van der Waals surface area (Å²) in [5, 5.41) is 9.53. The summed E-state index contributed by atoms with van der Waals surface area (Å²) in [7, 11) is 0. The molecule has 1 aliphatic rings. The molecule has 4 heteroatoms. The highest BCUT2D eigenvalue weighted by molar-refractivity contribution is 5.32. The molecule has 0 bridgehead atoms. The van der Waals surface area contributed by atoms with Crippen molar-refractivity contribution in [2.75, 3.05) is 13.2 Å². The first-order valence-corrected chi connectivity index (χ1v) is 4.42. The molecule has 2 nitrogen and oxygen atoms in total. The van der Waals surface area contributed by atoms with Gasteiger partial charge in [-0.05, 0) is 23.6 Å². The van der Waals surface area contributed by atoms with E-state index in [0.29, 0.717) is 24.2 Å². The molecular weight excluding hydrogens is 190 g/mol. The van der Waals surface area contributed by atoms with Gasteiger partial charge in [-0.15, -0.1) is 0 Å². The van der Waals surface area contributed by atoms with Crippen molar-refractivity contribution in [3.63, 3.8) is 0 Å². The fraction of sp³-hybridized carbons (Fsp3) is 0.400. The van der Waals surface area contributed by atoms with Crippen LogP contribution in [0.3, 0.4) is 0 Å². The summed E-state index contributed by atoms with van der Waals surface area (Å²) in [6, 6.07) is 1.99. The minimum atomic E-state index is -0.933. The van der Waals surface area contributed by atoms with Crippen molar-refractivity contribution in [2.24, 2.45) is 0 Å². The second-order valence-electron chi connectivity index (χ2n) is 3.30. The second-order valence-corrected chi connectivity index (χ2v) is 3.30. The van der Waals surface area contributed by atoms with Gasteiger partial charge in [-0.3, -0.25) is 0 Å². The van der Waals surface area contributed by atoms with Crippen LogP contribution in [0.2, 0.25) is 0 Å². The van der Waals surface area contributed by atoms with Crippen LogP contribution in [-0.4, -0.2) is 18.3 Å².